The summed E-state index contributed by atoms with van der Waals surface area (Å²) in [6.07, 6.45) is 0. The van der Waals surface area contributed by atoms with Gasteiger partial charge in [-0.1, -0.05) is 65.3 Å². The Morgan fingerprint density at radius 1 is 0.967 bits per heavy atom. The summed E-state index contributed by atoms with van der Waals surface area (Å²) >= 11 is 14.3. The van der Waals surface area contributed by atoms with Crippen LogP contribution in [-0.2, 0) is 10.0 Å². The van der Waals surface area contributed by atoms with Gasteiger partial charge >= 0.3 is 0 Å². The monoisotopic (exact) mass is 476 g/mol. The second kappa shape index (κ2) is 7.42. The van der Waals surface area contributed by atoms with Gasteiger partial charge < -0.3 is 9.32 Å². The number of hydrogen-bond donors (Lipinski definition) is 1. The van der Waals surface area contributed by atoms with Gasteiger partial charge in [0.1, 0.15) is 5.58 Å². The van der Waals surface area contributed by atoms with Crippen LogP contribution in [0.25, 0.3) is 11.0 Å². The fourth-order valence-corrected chi connectivity index (χ4v) is 6.04. The summed E-state index contributed by atoms with van der Waals surface area (Å²) in [5.41, 5.74) is 2.30. The molecule has 2 heterocycles. The van der Waals surface area contributed by atoms with Crippen molar-refractivity contribution in [1.82, 2.24) is 0 Å². The van der Waals surface area contributed by atoms with Crippen molar-refractivity contribution in [1.29, 1.82) is 0 Å². The molecule has 1 aromatic heterocycles. The maximum Gasteiger partial charge on any atom is 0.295 e. The molecule has 0 amide bonds. The Morgan fingerprint density at radius 3 is 2.57 bits per heavy atom. The van der Waals surface area contributed by atoms with Gasteiger partial charge in [-0.3, -0.25) is 4.72 Å². The molecule has 30 heavy (non-hydrogen) atoms. The lowest BCUT2D eigenvalue weighted by Gasteiger charge is -2.25. The van der Waals surface area contributed by atoms with E-state index in [-0.39, 0.29) is 5.09 Å². The third-order valence-corrected chi connectivity index (χ3v) is 7.60. The molecule has 1 unspecified atom stereocenters. The van der Waals surface area contributed by atoms with Crippen LogP contribution in [0.15, 0.2) is 87.2 Å². The first kappa shape index (κ1) is 19.6. The lowest BCUT2D eigenvalue weighted by Crippen LogP contribution is -2.22. The minimum absolute atomic E-state index is 0.173. The van der Waals surface area contributed by atoms with E-state index >= 15 is 0 Å². The van der Waals surface area contributed by atoms with Crippen molar-refractivity contribution in [3.05, 3.63) is 77.8 Å². The summed E-state index contributed by atoms with van der Waals surface area (Å²) in [5, 5.41) is 0.926. The minimum Gasteiger partial charge on any atom is -0.443 e. The molecule has 1 N–H and O–H groups in total. The smallest absolute Gasteiger partial charge is 0.295 e. The van der Waals surface area contributed by atoms with Gasteiger partial charge in [-0.25, -0.2) is 0 Å². The maximum absolute atomic E-state index is 13.1. The van der Waals surface area contributed by atoms with Gasteiger partial charge in [0.05, 0.1) is 17.1 Å². The first-order chi connectivity index (χ1) is 14.4. The molecule has 0 saturated carbocycles. The van der Waals surface area contributed by atoms with E-state index in [1.54, 1.807) is 36.4 Å². The van der Waals surface area contributed by atoms with E-state index in [4.69, 9.17) is 27.6 Å². The molecule has 0 spiro atoms. The second-order valence-corrected chi connectivity index (χ2v) is 10.5. The quantitative estimate of drug-likeness (QED) is 0.263. The molecule has 1 aliphatic rings. The molecule has 5 nitrogen and oxygen atoms in total. The van der Waals surface area contributed by atoms with E-state index in [0.29, 0.717) is 27.4 Å². The van der Waals surface area contributed by atoms with Crippen LogP contribution in [0, 0.1) is 0 Å². The molecule has 152 valence electrons. The van der Waals surface area contributed by atoms with E-state index in [1.807, 2.05) is 35.2 Å². The summed E-state index contributed by atoms with van der Waals surface area (Å²) in [6.45, 7) is 0. The standard InChI is InChI=1S/C21H14Cl2N2O3S2/c22-14-9-10-16(25-17-6-2-4-8-19(17)29-21(25)23)15(12-14)24-30(26,27)20-11-13-5-1-3-7-18(13)28-20/h1-12,21,24H. The molecule has 9 heteroatoms. The highest BCUT2D eigenvalue weighted by atomic mass is 35.5. The largest absolute Gasteiger partial charge is 0.443 e. The lowest BCUT2D eigenvalue weighted by molar-refractivity contribution is 0.484. The van der Waals surface area contributed by atoms with Gasteiger partial charge in [-0.2, -0.15) is 8.42 Å². The Balaban J connectivity index is 1.58. The molecule has 0 saturated heterocycles. The van der Waals surface area contributed by atoms with Crippen LogP contribution in [0.1, 0.15) is 0 Å². The first-order valence-corrected chi connectivity index (χ1v) is 12.1. The zero-order chi connectivity index (χ0) is 20.9. The predicted molar refractivity (Wildman–Crippen MR) is 123 cm³/mol. The van der Waals surface area contributed by atoms with Gasteiger partial charge in [0.2, 0.25) is 5.09 Å². The van der Waals surface area contributed by atoms with Crippen molar-refractivity contribution in [2.45, 2.75) is 14.8 Å². The number of benzene rings is 3. The Morgan fingerprint density at radius 2 is 1.73 bits per heavy atom. The summed E-state index contributed by atoms with van der Waals surface area (Å²) in [5.74, 6) is 0. The Bertz CT molecular complexity index is 1340. The predicted octanol–water partition coefficient (Wildman–Crippen LogP) is 6.65. The molecule has 5 rings (SSSR count). The number of rotatable bonds is 4. The van der Waals surface area contributed by atoms with E-state index in [1.165, 1.54) is 17.8 Å². The van der Waals surface area contributed by atoms with E-state index in [9.17, 15) is 8.42 Å². The molecule has 0 aliphatic carbocycles. The number of nitrogens with one attached hydrogen (secondary N) is 1. The lowest BCUT2D eigenvalue weighted by atomic mass is 10.2. The van der Waals surface area contributed by atoms with Crippen LogP contribution >= 0.6 is 35.0 Å². The highest BCUT2D eigenvalue weighted by molar-refractivity contribution is 8.01. The number of anilines is 3. The number of furan rings is 1. The number of sulfonamides is 1. The van der Waals surface area contributed by atoms with Gasteiger partial charge in [0.25, 0.3) is 10.0 Å². The maximum atomic E-state index is 13.1. The Hall–Kier alpha value is -2.32. The van der Waals surface area contributed by atoms with Crippen LogP contribution in [-0.4, -0.2) is 13.3 Å². The van der Waals surface area contributed by atoms with Crippen molar-refractivity contribution in [2.24, 2.45) is 0 Å². The van der Waals surface area contributed by atoms with Crippen LogP contribution in [0.3, 0.4) is 0 Å². The normalized spacial score (nSPS) is 16.1. The fourth-order valence-electron chi connectivity index (χ4n) is 3.35. The minimum atomic E-state index is -3.99. The number of thioether (sulfide) groups is 1. The zero-order valence-electron chi connectivity index (χ0n) is 15.2. The van der Waals surface area contributed by atoms with Crippen molar-refractivity contribution < 1.29 is 12.8 Å². The van der Waals surface area contributed by atoms with Gasteiger partial charge in [0.15, 0.2) is 4.83 Å². The molecule has 0 radical (unpaired) electrons. The van der Waals surface area contributed by atoms with E-state index in [2.05, 4.69) is 4.72 Å². The number of fused-ring (bicyclic) bond motifs is 2. The molecular formula is C21H14Cl2N2O3S2. The van der Waals surface area contributed by atoms with Crippen molar-refractivity contribution in [3.8, 4) is 0 Å². The number of nitrogens with zero attached hydrogens (tertiary/aromatic N) is 1. The summed E-state index contributed by atoms with van der Waals surface area (Å²) in [7, 11) is -3.99. The van der Waals surface area contributed by atoms with Crippen LogP contribution in [0.4, 0.5) is 17.1 Å². The summed E-state index contributed by atoms with van der Waals surface area (Å²) in [4.78, 5) is 2.45. The van der Waals surface area contributed by atoms with Crippen molar-refractivity contribution >= 4 is 73.0 Å². The number of para-hydroxylation sites is 2. The van der Waals surface area contributed by atoms with E-state index in [0.717, 1.165) is 10.6 Å². The first-order valence-electron chi connectivity index (χ1n) is 8.92. The molecule has 1 aliphatic heterocycles. The number of halogens is 2. The Labute approximate surface area is 187 Å². The van der Waals surface area contributed by atoms with Crippen molar-refractivity contribution in [3.63, 3.8) is 0 Å². The van der Waals surface area contributed by atoms with Crippen molar-refractivity contribution in [2.75, 3.05) is 9.62 Å². The molecule has 4 aromatic rings. The average molecular weight is 477 g/mol. The Kier molecular flexibility index (Phi) is 4.86. The van der Waals surface area contributed by atoms with Gasteiger partial charge in [-0.05, 0) is 36.4 Å². The van der Waals surface area contributed by atoms with Gasteiger partial charge in [-0.15, -0.1) is 0 Å². The highest BCUT2D eigenvalue weighted by Gasteiger charge is 2.32. The molecule has 0 fully saturated rings. The van der Waals surface area contributed by atoms with Crippen LogP contribution < -0.4 is 9.62 Å². The second-order valence-electron chi connectivity index (χ2n) is 6.62. The number of alkyl halides is 1. The van der Waals surface area contributed by atoms with Gasteiger partial charge in [0, 0.05) is 21.4 Å². The average Bonchev–Trinajstić information content (AvgIpc) is 3.29. The van der Waals surface area contributed by atoms with E-state index < -0.39 is 14.9 Å². The fraction of sp³-hybridized carbons (Fsp3) is 0.0476. The third-order valence-electron chi connectivity index (χ3n) is 4.68. The zero-order valence-corrected chi connectivity index (χ0v) is 18.4. The SMILES string of the molecule is O=S(=O)(Nc1cc(Cl)ccc1N1c2ccccc2SC1Cl)c1cc2ccccc2o1. The molecule has 0 bridgehead atoms. The van der Waals surface area contributed by atoms with Crippen LogP contribution in [0.2, 0.25) is 5.02 Å². The van der Waals surface area contributed by atoms with Crippen LogP contribution in [0.5, 0.6) is 0 Å². The molecular weight excluding hydrogens is 463 g/mol. The molecule has 1 atom stereocenters. The highest BCUT2D eigenvalue weighted by Crippen LogP contribution is 2.50. The number of hydrogen-bond acceptors (Lipinski definition) is 5. The summed E-state index contributed by atoms with van der Waals surface area (Å²) < 4.78 is 34.3. The third kappa shape index (κ3) is 3.41. The molecule has 3 aromatic carbocycles. The topological polar surface area (TPSA) is 62.6 Å². The summed E-state index contributed by atoms with van der Waals surface area (Å²) in [6, 6.07) is 21.4.